The van der Waals surface area contributed by atoms with E-state index in [0.717, 1.165) is 17.7 Å². The van der Waals surface area contributed by atoms with Crippen molar-refractivity contribution in [3.63, 3.8) is 0 Å². The molecule has 2 N–H and O–H groups in total. The molecule has 0 aliphatic carbocycles. The number of carbonyl (C=O) groups excluding carboxylic acids is 1. The fraction of sp³-hybridized carbons (Fsp3) is 0.643. The van der Waals surface area contributed by atoms with Gasteiger partial charge in [0.05, 0.1) is 6.54 Å². The minimum Gasteiger partial charge on any atom is -0.351 e. The molecule has 1 amide bonds. The Bertz CT molecular complexity index is 565. The number of carbonyl (C=O) groups is 1. The van der Waals surface area contributed by atoms with Crippen molar-refractivity contribution in [3.8, 4) is 0 Å². The molecule has 120 valence electrons. The van der Waals surface area contributed by atoms with E-state index in [2.05, 4.69) is 23.9 Å². The summed E-state index contributed by atoms with van der Waals surface area (Å²) < 4.78 is 27.5. The molecule has 1 unspecified atom stereocenters. The Kier molecular flexibility index (Phi) is 6.83. The van der Waals surface area contributed by atoms with Crippen molar-refractivity contribution in [2.75, 3.05) is 0 Å². The van der Waals surface area contributed by atoms with E-state index in [4.69, 9.17) is 0 Å². The number of hydrogen-bond acceptors (Lipinski definition) is 4. The third kappa shape index (κ3) is 6.58. The quantitative estimate of drug-likeness (QED) is 0.768. The SMILES string of the molecule is CC(=O)NCc1ccc(S(=O)(=O)NC(C)CCC(C)C)s1. The third-order valence-corrected chi connectivity index (χ3v) is 6.11. The van der Waals surface area contributed by atoms with Gasteiger partial charge < -0.3 is 5.32 Å². The van der Waals surface area contributed by atoms with Gasteiger partial charge in [-0.05, 0) is 37.8 Å². The van der Waals surface area contributed by atoms with Crippen molar-refractivity contribution in [3.05, 3.63) is 17.0 Å². The molecule has 7 heteroatoms. The van der Waals surface area contributed by atoms with Crippen LogP contribution in [0.5, 0.6) is 0 Å². The second-order valence-corrected chi connectivity index (χ2v) is 8.73. The Morgan fingerprint density at radius 2 is 1.90 bits per heavy atom. The normalized spacial score (nSPS) is 13.4. The van der Waals surface area contributed by atoms with Crippen molar-refractivity contribution >= 4 is 27.3 Å². The first kappa shape index (κ1) is 18.1. The molecule has 0 aromatic carbocycles. The number of sulfonamides is 1. The van der Waals surface area contributed by atoms with E-state index in [-0.39, 0.29) is 11.9 Å². The molecule has 0 spiro atoms. The Balaban J connectivity index is 2.63. The molecule has 21 heavy (non-hydrogen) atoms. The van der Waals surface area contributed by atoms with Crippen LogP contribution in [-0.2, 0) is 21.4 Å². The highest BCUT2D eigenvalue weighted by molar-refractivity contribution is 7.91. The Morgan fingerprint density at radius 3 is 2.48 bits per heavy atom. The van der Waals surface area contributed by atoms with Crippen LogP contribution in [-0.4, -0.2) is 20.4 Å². The molecule has 1 rings (SSSR count). The van der Waals surface area contributed by atoms with Crippen LogP contribution < -0.4 is 10.0 Å². The van der Waals surface area contributed by atoms with Gasteiger partial charge >= 0.3 is 0 Å². The Labute approximate surface area is 131 Å². The van der Waals surface area contributed by atoms with Crippen LogP contribution in [0.2, 0.25) is 0 Å². The van der Waals surface area contributed by atoms with Crippen molar-refractivity contribution in [2.45, 2.75) is 57.3 Å². The van der Waals surface area contributed by atoms with E-state index >= 15 is 0 Å². The molecule has 5 nitrogen and oxygen atoms in total. The molecule has 0 saturated carbocycles. The second-order valence-electron chi connectivity index (χ2n) is 5.62. The van der Waals surface area contributed by atoms with E-state index in [9.17, 15) is 13.2 Å². The van der Waals surface area contributed by atoms with Crippen molar-refractivity contribution < 1.29 is 13.2 Å². The summed E-state index contributed by atoms with van der Waals surface area (Å²) in [6.07, 6.45) is 1.81. The van der Waals surface area contributed by atoms with E-state index in [1.165, 1.54) is 18.3 Å². The van der Waals surface area contributed by atoms with Gasteiger partial charge in [0.2, 0.25) is 15.9 Å². The lowest BCUT2D eigenvalue weighted by atomic mass is 10.1. The number of hydrogen-bond donors (Lipinski definition) is 2. The van der Waals surface area contributed by atoms with Gasteiger partial charge in [-0.15, -0.1) is 11.3 Å². The average Bonchev–Trinajstić information content (AvgIpc) is 2.83. The van der Waals surface area contributed by atoms with Gasteiger partial charge in [-0.1, -0.05) is 13.8 Å². The maximum Gasteiger partial charge on any atom is 0.250 e. The van der Waals surface area contributed by atoms with Crippen LogP contribution in [0.25, 0.3) is 0 Å². The van der Waals surface area contributed by atoms with Gasteiger partial charge in [0.15, 0.2) is 0 Å². The largest absolute Gasteiger partial charge is 0.351 e. The number of thiophene rings is 1. The predicted molar refractivity (Wildman–Crippen MR) is 85.7 cm³/mol. The lowest BCUT2D eigenvalue weighted by Gasteiger charge is -2.14. The standard InChI is InChI=1S/C14H24N2O3S2/c1-10(2)5-6-11(3)16-21(18,19)14-8-7-13(20-14)9-15-12(4)17/h7-8,10-11,16H,5-6,9H2,1-4H3,(H,15,17). The number of nitrogens with one attached hydrogen (secondary N) is 2. The fourth-order valence-electron chi connectivity index (χ4n) is 1.77. The van der Waals surface area contributed by atoms with Gasteiger partial charge in [0, 0.05) is 17.8 Å². The fourth-order valence-corrected chi connectivity index (χ4v) is 4.36. The summed E-state index contributed by atoms with van der Waals surface area (Å²) in [5.41, 5.74) is 0. The Morgan fingerprint density at radius 1 is 1.24 bits per heavy atom. The maximum atomic E-state index is 12.3. The lowest BCUT2D eigenvalue weighted by molar-refractivity contribution is -0.119. The summed E-state index contributed by atoms with van der Waals surface area (Å²) in [6, 6.07) is 3.23. The van der Waals surface area contributed by atoms with Gasteiger partial charge in [-0.25, -0.2) is 13.1 Å². The van der Waals surface area contributed by atoms with Crippen LogP contribution >= 0.6 is 11.3 Å². The summed E-state index contributed by atoms with van der Waals surface area (Å²) >= 11 is 1.18. The first-order chi connectivity index (χ1) is 9.70. The number of rotatable bonds is 8. The number of amides is 1. The van der Waals surface area contributed by atoms with E-state index in [0.29, 0.717) is 16.7 Å². The first-order valence-electron chi connectivity index (χ1n) is 7.06. The zero-order valence-electron chi connectivity index (χ0n) is 13.0. The summed E-state index contributed by atoms with van der Waals surface area (Å²) in [7, 11) is -3.47. The monoisotopic (exact) mass is 332 g/mol. The highest BCUT2D eigenvalue weighted by Gasteiger charge is 2.19. The topological polar surface area (TPSA) is 75.3 Å². The van der Waals surface area contributed by atoms with Crippen molar-refractivity contribution in [2.24, 2.45) is 5.92 Å². The van der Waals surface area contributed by atoms with Gasteiger partial charge in [0.25, 0.3) is 0 Å². The van der Waals surface area contributed by atoms with E-state index in [1.807, 2.05) is 6.92 Å². The minimum atomic E-state index is -3.47. The van der Waals surface area contributed by atoms with Crippen molar-refractivity contribution in [1.82, 2.24) is 10.0 Å². The maximum absolute atomic E-state index is 12.3. The van der Waals surface area contributed by atoms with Crippen LogP contribution in [0.4, 0.5) is 0 Å². The Hall–Kier alpha value is -0.920. The highest BCUT2D eigenvalue weighted by atomic mass is 32.2. The van der Waals surface area contributed by atoms with E-state index in [1.54, 1.807) is 12.1 Å². The highest BCUT2D eigenvalue weighted by Crippen LogP contribution is 2.22. The van der Waals surface area contributed by atoms with Gasteiger partial charge in [-0.3, -0.25) is 4.79 Å². The molecular formula is C14H24N2O3S2. The summed E-state index contributed by atoms with van der Waals surface area (Å²) in [5.74, 6) is 0.427. The van der Waals surface area contributed by atoms with Crippen molar-refractivity contribution in [1.29, 1.82) is 0 Å². The summed E-state index contributed by atoms with van der Waals surface area (Å²) in [4.78, 5) is 11.7. The molecule has 0 saturated heterocycles. The molecule has 0 radical (unpaired) electrons. The lowest BCUT2D eigenvalue weighted by Crippen LogP contribution is -2.32. The molecule has 1 aromatic heterocycles. The van der Waals surface area contributed by atoms with Gasteiger partial charge in [0.1, 0.15) is 4.21 Å². The van der Waals surface area contributed by atoms with E-state index < -0.39 is 10.0 Å². The third-order valence-electron chi connectivity index (χ3n) is 2.95. The molecule has 1 atom stereocenters. The molecule has 0 aliphatic heterocycles. The smallest absolute Gasteiger partial charge is 0.250 e. The summed E-state index contributed by atoms with van der Waals surface area (Å²) in [5, 5.41) is 2.66. The first-order valence-corrected chi connectivity index (χ1v) is 9.36. The molecule has 0 bridgehead atoms. The van der Waals surface area contributed by atoms with Crippen LogP contribution in [0.15, 0.2) is 16.3 Å². The van der Waals surface area contributed by atoms with Gasteiger partial charge in [-0.2, -0.15) is 0 Å². The molecule has 1 aromatic rings. The zero-order chi connectivity index (χ0) is 16.0. The molecule has 0 aliphatic rings. The average molecular weight is 332 g/mol. The predicted octanol–water partition coefficient (Wildman–Crippen LogP) is 2.49. The molecule has 1 heterocycles. The van der Waals surface area contributed by atoms with Crippen LogP contribution in [0.3, 0.4) is 0 Å². The zero-order valence-corrected chi connectivity index (χ0v) is 14.6. The minimum absolute atomic E-state index is 0.0849. The molecule has 0 fully saturated rings. The molecular weight excluding hydrogens is 308 g/mol. The van der Waals surface area contributed by atoms with Crippen LogP contribution in [0, 0.1) is 5.92 Å². The van der Waals surface area contributed by atoms with Crippen LogP contribution in [0.1, 0.15) is 45.4 Å². The second kappa shape index (κ2) is 7.91. The summed E-state index contributed by atoms with van der Waals surface area (Å²) in [6.45, 7) is 7.91.